The first-order chi connectivity index (χ1) is 8.15. The average molecular weight is 236 g/mol. The molecule has 1 aromatic carbocycles. The predicted molar refractivity (Wildman–Crippen MR) is 59.3 cm³/mol. The van der Waals surface area contributed by atoms with Crippen LogP contribution in [0.1, 0.15) is 5.56 Å². The average Bonchev–Trinajstić information content (AvgIpc) is 2.32. The van der Waals surface area contributed by atoms with Crippen molar-refractivity contribution >= 4 is 5.82 Å². The zero-order valence-electron chi connectivity index (χ0n) is 8.86. The van der Waals surface area contributed by atoms with Gasteiger partial charge < -0.3 is 10.5 Å². The zero-order chi connectivity index (χ0) is 12.3. The Balaban J connectivity index is 2.07. The molecule has 5 heteroatoms. The Labute approximate surface area is 96.9 Å². The summed E-state index contributed by atoms with van der Waals surface area (Å²) in [7, 11) is 0. The SMILES string of the molecule is Nc1ccc(COc2cc(F)ccc2F)cn1. The Kier molecular flexibility index (Phi) is 3.18. The summed E-state index contributed by atoms with van der Waals surface area (Å²) >= 11 is 0. The third-order valence-corrected chi connectivity index (χ3v) is 2.14. The van der Waals surface area contributed by atoms with E-state index >= 15 is 0 Å². The van der Waals surface area contributed by atoms with Crippen LogP contribution in [0.2, 0.25) is 0 Å². The van der Waals surface area contributed by atoms with Crippen molar-refractivity contribution in [3.8, 4) is 5.75 Å². The molecule has 3 nitrogen and oxygen atoms in total. The van der Waals surface area contributed by atoms with Crippen LogP contribution < -0.4 is 10.5 Å². The van der Waals surface area contributed by atoms with Crippen molar-refractivity contribution in [1.82, 2.24) is 4.98 Å². The van der Waals surface area contributed by atoms with Gasteiger partial charge in [0.1, 0.15) is 18.2 Å². The number of ether oxygens (including phenoxy) is 1. The van der Waals surface area contributed by atoms with E-state index in [0.717, 1.165) is 23.8 Å². The maximum atomic E-state index is 13.2. The van der Waals surface area contributed by atoms with Gasteiger partial charge in [0.15, 0.2) is 11.6 Å². The van der Waals surface area contributed by atoms with Gasteiger partial charge in [-0.2, -0.15) is 0 Å². The highest BCUT2D eigenvalue weighted by Crippen LogP contribution is 2.19. The van der Waals surface area contributed by atoms with Gasteiger partial charge in [0, 0.05) is 17.8 Å². The molecule has 0 saturated heterocycles. The molecule has 0 unspecified atom stereocenters. The summed E-state index contributed by atoms with van der Waals surface area (Å²) in [5, 5.41) is 0. The number of nitrogens with zero attached hydrogens (tertiary/aromatic N) is 1. The van der Waals surface area contributed by atoms with Crippen LogP contribution in [0.25, 0.3) is 0 Å². The maximum absolute atomic E-state index is 13.2. The number of pyridine rings is 1. The molecule has 0 amide bonds. The number of halogens is 2. The van der Waals surface area contributed by atoms with E-state index in [9.17, 15) is 8.78 Å². The Morgan fingerprint density at radius 1 is 1.18 bits per heavy atom. The monoisotopic (exact) mass is 236 g/mol. The van der Waals surface area contributed by atoms with Gasteiger partial charge >= 0.3 is 0 Å². The molecule has 0 radical (unpaired) electrons. The first-order valence-corrected chi connectivity index (χ1v) is 4.93. The second-order valence-electron chi connectivity index (χ2n) is 3.45. The van der Waals surface area contributed by atoms with Gasteiger partial charge in [-0.15, -0.1) is 0 Å². The molecule has 0 aliphatic heterocycles. The van der Waals surface area contributed by atoms with Gasteiger partial charge in [0.2, 0.25) is 0 Å². The van der Waals surface area contributed by atoms with Gasteiger partial charge in [-0.05, 0) is 18.2 Å². The Bertz CT molecular complexity index is 514. The lowest BCUT2D eigenvalue weighted by molar-refractivity contribution is 0.288. The normalized spacial score (nSPS) is 10.2. The molecule has 0 aliphatic carbocycles. The zero-order valence-corrected chi connectivity index (χ0v) is 8.86. The molecule has 17 heavy (non-hydrogen) atoms. The quantitative estimate of drug-likeness (QED) is 0.890. The summed E-state index contributed by atoms with van der Waals surface area (Å²) in [5.74, 6) is -0.876. The number of nitrogens with two attached hydrogens (primary N) is 1. The van der Waals surface area contributed by atoms with Gasteiger partial charge in [-0.3, -0.25) is 0 Å². The molecular weight excluding hydrogens is 226 g/mol. The van der Waals surface area contributed by atoms with Gasteiger partial charge in [0.25, 0.3) is 0 Å². The molecule has 88 valence electrons. The van der Waals surface area contributed by atoms with Gasteiger partial charge in [0.05, 0.1) is 0 Å². The van der Waals surface area contributed by atoms with Gasteiger partial charge in [-0.1, -0.05) is 6.07 Å². The highest BCUT2D eigenvalue weighted by atomic mass is 19.1. The van der Waals surface area contributed by atoms with Crippen LogP contribution in [-0.4, -0.2) is 4.98 Å². The lowest BCUT2D eigenvalue weighted by atomic mass is 10.3. The van der Waals surface area contributed by atoms with Crippen molar-refractivity contribution in [1.29, 1.82) is 0 Å². The molecule has 2 N–H and O–H groups in total. The van der Waals surface area contributed by atoms with Crippen LogP contribution in [0.5, 0.6) is 5.75 Å². The minimum atomic E-state index is -0.602. The minimum absolute atomic E-state index is 0.105. The standard InChI is InChI=1S/C12H10F2N2O/c13-9-2-3-10(14)11(5-9)17-7-8-1-4-12(15)16-6-8/h1-6H,7H2,(H2,15,16). The Morgan fingerprint density at radius 3 is 2.71 bits per heavy atom. The third-order valence-electron chi connectivity index (χ3n) is 2.14. The summed E-state index contributed by atoms with van der Waals surface area (Å²) in [4.78, 5) is 3.86. The molecule has 0 aliphatic rings. The molecule has 2 aromatic rings. The van der Waals surface area contributed by atoms with Crippen LogP contribution >= 0.6 is 0 Å². The number of nitrogen functional groups attached to an aromatic ring is 1. The minimum Gasteiger partial charge on any atom is -0.486 e. The second-order valence-corrected chi connectivity index (χ2v) is 3.45. The second kappa shape index (κ2) is 4.78. The van der Waals surface area contributed by atoms with Crippen molar-refractivity contribution in [3.63, 3.8) is 0 Å². The topological polar surface area (TPSA) is 48.1 Å². The first-order valence-electron chi connectivity index (χ1n) is 4.93. The fourth-order valence-corrected chi connectivity index (χ4v) is 1.27. The van der Waals surface area contributed by atoms with Crippen molar-refractivity contribution < 1.29 is 13.5 Å². The molecule has 0 atom stereocenters. The van der Waals surface area contributed by atoms with Crippen LogP contribution in [0, 0.1) is 11.6 Å². The van der Waals surface area contributed by atoms with E-state index in [0.29, 0.717) is 5.82 Å². The lowest BCUT2D eigenvalue weighted by Crippen LogP contribution is -1.99. The van der Waals surface area contributed by atoms with Crippen LogP contribution in [0.4, 0.5) is 14.6 Å². The fourth-order valence-electron chi connectivity index (χ4n) is 1.27. The number of hydrogen-bond acceptors (Lipinski definition) is 3. The highest BCUT2D eigenvalue weighted by molar-refractivity contribution is 5.30. The van der Waals surface area contributed by atoms with E-state index in [-0.39, 0.29) is 12.4 Å². The summed E-state index contributed by atoms with van der Waals surface area (Å²) in [6, 6.07) is 6.37. The van der Waals surface area contributed by atoms with E-state index in [1.165, 1.54) is 6.20 Å². The van der Waals surface area contributed by atoms with E-state index in [1.54, 1.807) is 12.1 Å². The Morgan fingerprint density at radius 2 is 2.00 bits per heavy atom. The van der Waals surface area contributed by atoms with Gasteiger partial charge in [-0.25, -0.2) is 13.8 Å². The summed E-state index contributed by atoms with van der Waals surface area (Å²) in [6.45, 7) is 0.105. The number of hydrogen-bond donors (Lipinski definition) is 1. The van der Waals surface area contributed by atoms with Crippen LogP contribution in [0.3, 0.4) is 0 Å². The van der Waals surface area contributed by atoms with E-state index in [1.807, 2.05) is 0 Å². The molecule has 0 fully saturated rings. The molecule has 1 heterocycles. The number of rotatable bonds is 3. The highest BCUT2D eigenvalue weighted by Gasteiger charge is 2.05. The molecule has 0 bridgehead atoms. The van der Waals surface area contributed by atoms with E-state index in [4.69, 9.17) is 10.5 Å². The largest absolute Gasteiger partial charge is 0.486 e. The van der Waals surface area contributed by atoms with E-state index < -0.39 is 11.6 Å². The predicted octanol–water partition coefficient (Wildman–Crippen LogP) is 2.52. The fraction of sp³-hybridized carbons (Fsp3) is 0.0833. The molecule has 0 saturated carbocycles. The van der Waals surface area contributed by atoms with Crippen LogP contribution in [-0.2, 0) is 6.61 Å². The number of benzene rings is 1. The molecule has 0 spiro atoms. The molecule has 1 aromatic heterocycles. The smallest absolute Gasteiger partial charge is 0.165 e. The number of aromatic nitrogens is 1. The first kappa shape index (κ1) is 11.3. The summed E-state index contributed by atoms with van der Waals surface area (Å²) in [6.07, 6.45) is 1.52. The number of anilines is 1. The van der Waals surface area contributed by atoms with Crippen LogP contribution in [0.15, 0.2) is 36.5 Å². The van der Waals surface area contributed by atoms with Crippen molar-refractivity contribution in [2.75, 3.05) is 5.73 Å². The van der Waals surface area contributed by atoms with Crippen molar-refractivity contribution in [2.24, 2.45) is 0 Å². The third kappa shape index (κ3) is 2.90. The summed E-state index contributed by atoms with van der Waals surface area (Å²) in [5.41, 5.74) is 6.14. The van der Waals surface area contributed by atoms with Crippen molar-refractivity contribution in [3.05, 3.63) is 53.7 Å². The molecular formula is C12H10F2N2O. The van der Waals surface area contributed by atoms with E-state index in [2.05, 4.69) is 4.98 Å². The lowest BCUT2D eigenvalue weighted by Gasteiger charge is -2.07. The summed E-state index contributed by atoms with van der Waals surface area (Å²) < 4.78 is 31.2. The molecule has 2 rings (SSSR count). The van der Waals surface area contributed by atoms with Crippen molar-refractivity contribution in [2.45, 2.75) is 6.61 Å². The maximum Gasteiger partial charge on any atom is 0.165 e. The Hall–Kier alpha value is -2.17.